The minimum absolute atomic E-state index is 0.0946. The van der Waals surface area contributed by atoms with E-state index in [1.807, 2.05) is 63.2 Å². The van der Waals surface area contributed by atoms with Crippen LogP contribution in [0.4, 0.5) is 10.5 Å². The number of carbonyl (C=O) groups excluding carboxylic acids is 3. The van der Waals surface area contributed by atoms with Crippen molar-refractivity contribution in [1.82, 2.24) is 10.2 Å². The predicted molar refractivity (Wildman–Crippen MR) is 148 cm³/mol. The normalized spacial score (nSPS) is 22.7. The Morgan fingerprint density at radius 1 is 1.18 bits per heavy atom. The third-order valence-electron chi connectivity index (χ3n) is 8.17. The molecule has 3 atom stereocenters. The van der Waals surface area contributed by atoms with Crippen molar-refractivity contribution in [2.75, 3.05) is 18.5 Å². The summed E-state index contributed by atoms with van der Waals surface area (Å²) in [6, 6.07) is 15.5. The standard InChI is InChI=1S/C31H36N4O4/c1-30(2,3)39-29(38)35-19-21-6-5-13-31(35,17-21)28(37)33-25(18-32)14-20-7-9-22(10-8-20)23-11-12-24-16-27(36)34(4)26(24)15-23/h7-12,15,21,25H,5-6,13-14,16-17,19H2,1-4H3,(H,33,37)/t21-,25+,31-/m1/s1. The van der Waals surface area contributed by atoms with Gasteiger partial charge in [0.05, 0.1) is 12.5 Å². The molecule has 3 aliphatic rings. The lowest BCUT2D eigenvalue weighted by Crippen LogP contribution is -2.59. The van der Waals surface area contributed by atoms with E-state index in [1.165, 1.54) is 0 Å². The summed E-state index contributed by atoms with van der Waals surface area (Å²) in [5.74, 6) is 0.0926. The Kier molecular flexibility index (Phi) is 6.88. The van der Waals surface area contributed by atoms with Crippen LogP contribution in [0.25, 0.3) is 11.1 Å². The molecule has 0 spiro atoms. The van der Waals surface area contributed by atoms with Gasteiger partial charge in [0.25, 0.3) is 0 Å². The number of hydrogen-bond acceptors (Lipinski definition) is 5. The number of likely N-dealkylation sites (N-methyl/N-ethyl adjacent to an activating group) is 1. The maximum absolute atomic E-state index is 13.7. The molecule has 3 amide bonds. The second-order valence-corrected chi connectivity index (χ2v) is 12.1. The minimum atomic E-state index is -0.966. The summed E-state index contributed by atoms with van der Waals surface area (Å²) in [6.07, 6.45) is 3.35. The molecule has 2 aromatic rings. The van der Waals surface area contributed by atoms with Crippen LogP contribution < -0.4 is 10.2 Å². The van der Waals surface area contributed by atoms with Crippen molar-refractivity contribution in [3.63, 3.8) is 0 Å². The molecule has 2 bridgehead atoms. The van der Waals surface area contributed by atoms with Gasteiger partial charge in [-0.2, -0.15) is 5.26 Å². The van der Waals surface area contributed by atoms with Crippen molar-refractivity contribution in [2.45, 2.75) is 76.5 Å². The molecule has 2 aliphatic heterocycles. The van der Waals surface area contributed by atoms with Crippen molar-refractivity contribution in [1.29, 1.82) is 5.26 Å². The molecule has 2 fully saturated rings. The maximum Gasteiger partial charge on any atom is 0.411 e. The van der Waals surface area contributed by atoms with E-state index in [1.54, 1.807) is 16.8 Å². The lowest BCUT2D eigenvalue weighted by molar-refractivity contribution is -0.133. The average molecular weight is 529 g/mol. The lowest BCUT2D eigenvalue weighted by Gasteiger charge is -2.39. The van der Waals surface area contributed by atoms with Crippen LogP contribution in [-0.4, -0.2) is 53.6 Å². The van der Waals surface area contributed by atoms with Crippen LogP contribution in [0.5, 0.6) is 0 Å². The number of anilines is 1. The van der Waals surface area contributed by atoms with Crippen LogP contribution in [0, 0.1) is 17.2 Å². The quantitative estimate of drug-likeness (QED) is 0.611. The van der Waals surface area contributed by atoms with Gasteiger partial charge in [0.2, 0.25) is 11.8 Å². The van der Waals surface area contributed by atoms with E-state index in [9.17, 15) is 19.6 Å². The summed E-state index contributed by atoms with van der Waals surface area (Å²) in [6.45, 7) is 5.97. The zero-order valence-electron chi connectivity index (χ0n) is 23.1. The minimum Gasteiger partial charge on any atom is -0.444 e. The van der Waals surface area contributed by atoms with Gasteiger partial charge in [-0.25, -0.2) is 4.79 Å². The number of likely N-dealkylation sites (tertiary alicyclic amines) is 1. The van der Waals surface area contributed by atoms with Gasteiger partial charge in [-0.3, -0.25) is 14.5 Å². The topological polar surface area (TPSA) is 103 Å². The van der Waals surface area contributed by atoms with Gasteiger partial charge in [-0.1, -0.05) is 42.8 Å². The monoisotopic (exact) mass is 528 g/mol. The SMILES string of the molecule is CN1C(=O)Cc2ccc(-c3ccc(C[C@@H](C#N)NC(=O)[C@]45CCC[C@@H](CN4C(=O)OC(C)(C)C)C5)cc3)cc21. The Hall–Kier alpha value is -3.86. The third-order valence-corrected chi connectivity index (χ3v) is 8.17. The number of nitriles is 1. The highest BCUT2D eigenvalue weighted by Crippen LogP contribution is 2.45. The van der Waals surface area contributed by atoms with Crippen LogP contribution in [0.3, 0.4) is 0 Å². The lowest BCUT2D eigenvalue weighted by atomic mass is 9.79. The van der Waals surface area contributed by atoms with E-state index in [0.29, 0.717) is 32.2 Å². The number of rotatable bonds is 5. The van der Waals surface area contributed by atoms with Gasteiger partial charge in [0.15, 0.2) is 0 Å². The molecule has 0 unspecified atom stereocenters. The summed E-state index contributed by atoms with van der Waals surface area (Å²) < 4.78 is 5.64. The molecule has 8 heteroatoms. The second-order valence-electron chi connectivity index (χ2n) is 12.1. The fourth-order valence-corrected chi connectivity index (χ4v) is 6.21. The first kappa shape index (κ1) is 26.7. The van der Waals surface area contributed by atoms with Crippen molar-refractivity contribution < 1.29 is 19.1 Å². The molecule has 204 valence electrons. The summed E-state index contributed by atoms with van der Waals surface area (Å²) in [5.41, 5.74) is 3.30. The van der Waals surface area contributed by atoms with Gasteiger partial charge in [-0.05, 0) is 74.3 Å². The van der Waals surface area contributed by atoms with Crippen LogP contribution in [0.2, 0.25) is 0 Å². The molecular weight excluding hydrogens is 492 g/mol. The fourth-order valence-electron chi connectivity index (χ4n) is 6.21. The fraction of sp³-hybridized carbons (Fsp3) is 0.484. The van der Waals surface area contributed by atoms with Gasteiger partial charge < -0.3 is 15.0 Å². The molecule has 8 nitrogen and oxygen atoms in total. The van der Waals surface area contributed by atoms with Crippen molar-refractivity contribution in [3.05, 3.63) is 53.6 Å². The molecular formula is C31H36N4O4. The Balaban J connectivity index is 1.28. The maximum atomic E-state index is 13.7. The first-order chi connectivity index (χ1) is 18.5. The van der Waals surface area contributed by atoms with Crippen LogP contribution in [0.1, 0.15) is 57.6 Å². The zero-order valence-corrected chi connectivity index (χ0v) is 23.1. The van der Waals surface area contributed by atoms with Gasteiger partial charge >= 0.3 is 6.09 Å². The summed E-state index contributed by atoms with van der Waals surface area (Å²) in [4.78, 5) is 42.0. The Morgan fingerprint density at radius 3 is 2.59 bits per heavy atom. The number of carbonyl (C=O) groups is 3. The van der Waals surface area contributed by atoms with Crippen LogP contribution in [-0.2, 0) is 27.2 Å². The van der Waals surface area contributed by atoms with Gasteiger partial charge in [0.1, 0.15) is 17.2 Å². The third kappa shape index (κ3) is 5.23. The molecule has 0 aromatic heterocycles. The largest absolute Gasteiger partial charge is 0.444 e. The number of hydrogen-bond donors (Lipinski definition) is 1. The van der Waals surface area contributed by atoms with E-state index in [2.05, 4.69) is 11.4 Å². The van der Waals surface area contributed by atoms with Crippen molar-refractivity contribution >= 4 is 23.6 Å². The Morgan fingerprint density at radius 2 is 1.90 bits per heavy atom. The summed E-state index contributed by atoms with van der Waals surface area (Å²) in [5, 5.41) is 12.8. The highest BCUT2D eigenvalue weighted by molar-refractivity contribution is 6.01. The van der Waals surface area contributed by atoms with E-state index < -0.39 is 23.3 Å². The molecule has 1 aliphatic carbocycles. The smallest absolute Gasteiger partial charge is 0.411 e. The van der Waals surface area contributed by atoms with Gasteiger partial charge in [-0.15, -0.1) is 0 Å². The molecule has 2 heterocycles. The number of ether oxygens (including phenoxy) is 1. The van der Waals surface area contributed by atoms with E-state index in [4.69, 9.17) is 4.74 Å². The first-order valence-electron chi connectivity index (χ1n) is 13.7. The first-order valence-corrected chi connectivity index (χ1v) is 13.7. The molecule has 1 N–H and O–H groups in total. The number of fused-ring (bicyclic) bond motifs is 3. The van der Waals surface area contributed by atoms with Gasteiger partial charge in [0, 0.05) is 25.7 Å². The molecule has 1 saturated carbocycles. The van der Waals surface area contributed by atoms with Crippen molar-refractivity contribution in [2.24, 2.45) is 5.92 Å². The zero-order chi connectivity index (χ0) is 27.9. The molecule has 39 heavy (non-hydrogen) atoms. The number of benzene rings is 2. The predicted octanol–water partition coefficient (Wildman–Crippen LogP) is 4.60. The summed E-state index contributed by atoms with van der Waals surface area (Å²) >= 11 is 0. The van der Waals surface area contributed by atoms with Crippen molar-refractivity contribution in [3.8, 4) is 17.2 Å². The molecule has 2 aromatic carbocycles. The molecule has 5 rings (SSSR count). The van der Waals surface area contributed by atoms with E-state index in [0.717, 1.165) is 40.8 Å². The summed E-state index contributed by atoms with van der Waals surface area (Å²) in [7, 11) is 1.79. The highest BCUT2D eigenvalue weighted by atomic mass is 16.6. The number of nitrogens with one attached hydrogen (secondary N) is 1. The second kappa shape index (κ2) is 10.0. The number of amides is 3. The van der Waals surface area contributed by atoms with E-state index in [-0.39, 0.29) is 17.7 Å². The molecule has 0 radical (unpaired) electrons. The van der Waals surface area contributed by atoms with Crippen LogP contribution in [0.15, 0.2) is 42.5 Å². The number of nitrogens with zero attached hydrogens (tertiary/aromatic N) is 3. The average Bonchev–Trinajstić information content (AvgIpc) is 3.34. The van der Waals surface area contributed by atoms with E-state index >= 15 is 0 Å². The highest BCUT2D eigenvalue weighted by Gasteiger charge is 2.56. The molecule has 1 saturated heterocycles. The Bertz CT molecular complexity index is 1340. The van der Waals surface area contributed by atoms with Crippen LogP contribution >= 0.6 is 0 Å². The Labute approximate surface area is 229 Å².